The zero-order valence-corrected chi connectivity index (χ0v) is 10.3. The summed E-state index contributed by atoms with van der Waals surface area (Å²) in [6.07, 6.45) is 6.01. The van der Waals surface area contributed by atoms with Crippen molar-refractivity contribution < 1.29 is 4.74 Å². The summed E-state index contributed by atoms with van der Waals surface area (Å²) in [5.41, 5.74) is 0. The van der Waals surface area contributed by atoms with Crippen molar-refractivity contribution in [3.63, 3.8) is 0 Å². The Kier molecular flexibility index (Phi) is 4.17. The quantitative estimate of drug-likeness (QED) is 0.757. The van der Waals surface area contributed by atoms with Gasteiger partial charge >= 0.3 is 6.01 Å². The number of rotatable bonds is 3. The third kappa shape index (κ3) is 2.96. The highest BCUT2D eigenvalue weighted by Gasteiger charge is 2.21. The molecule has 1 heterocycles. The minimum Gasteiger partial charge on any atom is -0.450 e. The Morgan fingerprint density at radius 1 is 1.38 bits per heavy atom. The molecule has 4 heteroatoms. The van der Waals surface area contributed by atoms with E-state index in [0.29, 0.717) is 18.5 Å². The second-order valence-corrected chi connectivity index (χ2v) is 4.68. The van der Waals surface area contributed by atoms with E-state index in [9.17, 15) is 0 Å². The average molecular weight is 236 g/mol. The molecule has 0 amide bonds. The Morgan fingerprint density at radius 2 is 2.19 bits per heavy atom. The van der Waals surface area contributed by atoms with Gasteiger partial charge in [0, 0.05) is 12.3 Å². The first-order chi connectivity index (χ1) is 7.90. The number of aromatic nitrogens is 2. The smallest absolute Gasteiger partial charge is 0.329 e. The maximum absolute atomic E-state index is 5.36. The van der Waals surface area contributed by atoms with Crippen molar-refractivity contribution in [3.05, 3.63) is 5.01 Å². The van der Waals surface area contributed by atoms with Crippen LogP contribution < -0.4 is 4.74 Å². The Morgan fingerprint density at radius 3 is 2.94 bits per heavy atom. The lowest BCUT2D eigenvalue weighted by molar-refractivity contribution is 0.343. The molecular weight excluding hydrogens is 220 g/mol. The normalized spacial score (nSPS) is 15.8. The van der Waals surface area contributed by atoms with Gasteiger partial charge in [-0.1, -0.05) is 25.7 Å². The lowest BCUT2D eigenvalue weighted by Crippen LogP contribution is -1.96. The van der Waals surface area contributed by atoms with E-state index in [-0.39, 0.29) is 0 Å². The highest BCUT2D eigenvalue weighted by Crippen LogP contribution is 2.35. The molecule has 16 heavy (non-hydrogen) atoms. The fourth-order valence-corrected chi connectivity index (χ4v) is 2.66. The summed E-state index contributed by atoms with van der Waals surface area (Å²) in [6.45, 7) is 2.42. The van der Waals surface area contributed by atoms with Gasteiger partial charge in [-0.05, 0) is 24.4 Å². The lowest BCUT2D eigenvalue weighted by Gasteiger charge is -2.00. The summed E-state index contributed by atoms with van der Waals surface area (Å²) in [6, 6.07) is 0.498. The molecule has 0 atom stereocenters. The molecular formula is C12H16N2OS. The van der Waals surface area contributed by atoms with Crippen molar-refractivity contribution >= 4 is 11.5 Å². The lowest BCUT2D eigenvalue weighted by atomic mass is 10.1. The molecule has 86 valence electrons. The average Bonchev–Trinajstić information content (AvgIpc) is 2.94. The maximum atomic E-state index is 5.36. The predicted octanol–water partition coefficient (Wildman–Crippen LogP) is 2.99. The van der Waals surface area contributed by atoms with Crippen LogP contribution in [0.3, 0.4) is 0 Å². The van der Waals surface area contributed by atoms with Crippen molar-refractivity contribution in [2.45, 2.75) is 44.9 Å². The molecule has 0 saturated heterocycles. The van der Waals surface area contributed by atoms with E-state index >= 15 is 0 Å². The van der Waals surface area contributed by atoms with Crippen LogP contribution in [0.2, 0.25) is 0 Å². The molecule has 1 aromatic rings. The molecule has 2 rings (SSSR count). The van der Waals surface area contributed by atoms with Crippen LogP contribution in [0.5, 0.6) is 6.01 Å². The summed E-state index contributed by atoms with van der Waals surface area (Å²) in [5.74, 6) is 6.49. The third-order valence-electron chi connectivity index (χ3n) is 2.70. The van der Waals surface area contributed by atoms with E-state index in [2.05, 4.69) is 21.2 Å². The van der Waals surface area contributed by atoms with Crippen molar-refractivity contribution in [1.82, 2.24) is 9.36 Å². The van der Waals surface area contributed by atoms with Crippen molar-refractivity contribution in [1.29, 1.82) is 0 Å². The van der Waals surface area contributed by atoms with Gasteiger partial charge in [0.1, 0.15) is 5.01 Å². The van der Waals surface area contributed by atoms with Crippen LogP contribution in [0.15, 0.2) is 0 Å². The molecule has 0 aromatic carbocycles. The Labute approximate surface area is 100 Å². The molecule has 0 aliphatic heterocycles. The van der Waals surface area contributed by atoms with E-state index in [1.54, 1.807) is 0 Å². The Hall–Kier alpha value is -1.08. The van der Waals surface area contributed by atoms with Gasteiger partial charge in [0.15, 0.2) is 6.61 Å². The first kappa shape index (κ1) is 11.4. The van der Waals surface area contributed by atoms with Gasteiger partial charge in [0.05, 0.1) is 0 Å². The number of ether oxygens (including phenoxy) is 1. The van der Waals surface area contributed by atoms with Crippen LogP contribution in [0.4, 0.5) is 0 Å². The van der Waals surface area contributed by atoms with Gasteiger partial charge < -0.3 is 4.74 Å². The molecule has 1 aliphatic carbocycles. The molecule has 0 spiro atoms. The minimum absolute atomic E-state index is 0.397. The first-order valence-electron chi connectivity index (χ1n) is 5.82. The van der Waals surface area contributed by atoms with Gasteiger partial charge in [-0.15, -0.1) is 10.3 Å². The predicted molar refractivity (Wildman–Crippen MR) is 64.7 cm³/mol. The summed E-state index contributed by atoms with van der Waals surface area (Å²) in [5, 5.41) is 1.14. The summed E-state index contributed by atoms with van der Waals surface area (Å²) in [4.78, 5) is 4.41. The van der Waals surface area contributed by atoms with Crippen molar-refractivity contribution in [3.8, 4) is 17.9 Å². The molecule has 1 aliphatic rings. The first-order valence-corrected chi connectivity index (χ1v) is 6.59. The van der Waals surface area contributed by atoms with E-state index in [1.807, 2.05) is 6.92 Å². The number of hydrogen-bond donors (Lipinski definition) is 0. The standard InChI is InChI=1S/C12H16N2OS/c1-2-3-6-9-15-12-13-11(16-14-12)10-7-4-5-8-10/h10H,2,4-5,7-9H2,1H3. The van der Waals surface area contributed by atoms with Gasteiger partial charge in [0.2, 0.25) is 0 Å². The fraction of sp³-hybridized carbons (Fsp3) is 0.667. The van der Waals surface area contributed by atoms with Gasteiger partial charge in [-0.3, -0.25) is 0 Å². The highest BCUT2D eigenvalue weighted by molar-refractivity contribution is 7.05. The molecule has 3 nitrogen and oxygen atoms in total. The van der Waals surface area contributed by atoms with Crippen LogP contribution in [0, 0.1) is 11.8 Å². The Balaban J connectivity index is 1.86. The molecule has 0 bridgehead atoms. The minimum atomic E-state index is 0.397. The monoisotopic (exact) mass is 236 g/mol. The summed E-state index contributed by atoms with van der Waals surface area (Å²) < 4.78 is 9.56. The Bertz CT molecular complexity index is 385. The van der Waals surface area contributed by atoms with E-state index in [4.69, 9.17) is 4.74 Å². The van der Waals surface area contributed by atoms with Crippen LogP contribution in [-0.2, 0) is 0 Å². The van der Waals surface area contributed by atoms with E-state index in [1.165, 1.54) is 37.2 Å². The van der Waals surface area contributed by atoms with E-state index < -0.39 is 0 Å². The van der Waals surface area contributed by atoms with Crippen molar-refractivity contribution in [2.75, 3.05) is 6.61 Å². The van der Waals surface area contributed by atoms with Gasteiger partial charge in [-0.2, -0.15) is 4.98 Å². The largest absolute Gasteiger partial charge is 0.450 e. The molecule has 1 saturated carbocycles. The molecule has 1 fully saturated rings. The summed E-state index contributed by atoms with van der Waals surface area (Å²) >= 11 is 1.48. The molecule has 1 aromatic heterocycles. The second-order valence-electron chi connectivity index (χ2n) is 3.89. The molecule has 0 unspecified atom stereocenters. The zero-order chi connectivity index (χ0) is 11.2. The third-order valence-corrected chi connectivity index (χ3v) is 3.56. The van der Waals surface area contributed by atoms with Crippen LogP contribution in [0.25, 0.3) is 0 Å². The van der Waals surface area contributed by atoms with Crippen molar-refractivity contribution in [2.24, 2.45) is 0 Å². The number of nitrogens with zero attached hydrogens (tertiary/aromatic N) is 2. The zero-order valence-electron chi connectivity index (χ0n) is 9.53. The van der Waals surface area contributed by atoms with E-state index in [0.717, 1.165) is 11.4 Å². The topological polar surface area (TPSA) is 35.0 Å². The van der Waals surface area contributed by atoms with Gasteiger partial charge in [-0.25, -0.2) is 0 Å². The van der Waals surface area contributed by atoms with Crippen LogP contribution >= 0.6 is 11.5 Å². The summed E-state index contributed by atoms with van der Waals surface area (Å²) in [7, 11) is 0. The second kappa shape index (κ2) is 5.86. The fourth-order valence-electron chi connectivity index (χ4n) is 1.89. The molecule has 0 N–H and O–H groups in total. The SMILES string of the molecule is CCC#CCOc1nsc(C2CCCC2)n1. The van der Waals surface area contributed by atoms with Crippen LogP contribution in [0.1, 0.15) is 50.0 Å². The molecule has 0 radical (unpaired) electrons. The van der Waals surface area contributed by atoms with Gasteiger partial charge in [0.25, 0.3) is 0 Å². The highest BCUT2D eigenvalue weighted by atomic mass is 32.1. The number of hydrogen-bond acceptors (Lipinski definition) is 4. The maximum Gasteiger partial charge on any atom is 0.329 e. The van der Waals surface area contributed by atoms with Crippen LogP contribution in [-0.4, -0.2) is 16.0 Å².